The topological polar surface area (TPSA) is 33.0 Å². The van der Waals surface area contributed by atoms with E-state index in [0.29, 0.717) is 0 Å². The SMILES string of the molecule is CC(C)(C)[Si](C)(C)OC(C#N)c1c(F)c(F)c(F)c(F)c1F. The Hall–Kier alpha value is -1.46. The average Bonchev–Trinajstić information content (AvgIpc) is 2.40. The van der Waals surface area contributed by atoms with Crippen LogP contribution >= 0.6 is 0 Å². The van der Waals surface area contributed by atoms with Gasteiger partial charge in [0.05, 0.1) is 11.6 Å². The summed E-state index contributed by atoms with van der Waals surface area (Å²) in [6, 6.07) is 1.48. The van der Waals surface area contributed by atoms with Crippen LogP contribution < -0.4 is 0 Å². The maximum absolute atomic E-state index is 13.8. The second-order valence-electron chi connectivity index (χ2n) is 6.37. The van der Waals surface area contributed by atoms with Crippen LogP contribution in [0.3, 0.4) is 0 Å². The van der Waals surface area contributed by atoms with Crippen LogP contribution in [0.25, 0.3) is 0 Å². The van der Waals surface area contributed by atoms with E-state index in [1.807, 2.05) is 20.8 Å². The van der Waals surface area contributed by atoms with Crippen molar-refractivity contribution < 1.29 is 26.4 Å². The number of halogens is 5. The molecule has 0 aliphatic carbocycles. The Balaban J connectivity index is 3.44. The van der Waals surface area contributed by atoms with Crippen molar-refractivity contribution in [3.63, 3.8) is 0 Å². The summed E-state index contributed by atoms with van der Waals surface area (Å²) in [5, 5.41) is 8.67. The fourth-order valence-corrected chi connectivity index (χ4v) is 2.59. The zero-order valence-electron chi connectivity index (χ0n) is 12.8. The number of nitrogens with zero attached hydrogens (tertiary/aromatic N) is 1. The van der Waals surface area contributed by atoms with Gasteiger partial charge in [0.2, 0.25) is 5.82 Å². The molecule has 1 aromatic carbocycles. The van der Waals surface area contributed by atoms with Gasteiger partial charge in [-0.3, -0.25) is 0 Å². The maximum Gasteiger partial charge on any atom is 0.200 e. The third-order valence-electron chi connectivity index (χ3n) is 3.84. The molecular formula is C14H16F5NOSi. The summed E-state index contributed by atoms with van der Waals surface area (Å²) in [5.74, 6) is -10.5. The minimum Gasteiger partial charge on any atom is -0.398 e. The third kappa shape index (κ3) is 3.15. The normalized spacial score (nSPS) is 13.9. The fourth-order valence-electron chi connectivity index (χ4n) is 1.47. The van der Waals surface area contributed by atoms with Crippen molar-refractivity contribution in [3.8, 4) is 6.07 Å². The standard InChI is InChI=1S/C14H16F5NOSi/c1-14(2,3)22(4,5)21-7(6-20)8-9(15)11(17)13(19)12(18)10(8)16/h7H,1-5H3. The Morgan fingerprint density at radius 2 is 1.27 bits per heavy atom. The van der Waals surface area contributed by atoms with Gasteiger partial charge < -0.3 is 4.43 Å². The first kappa shape index (κ1) is 18.6. The third-order valence-corrected chi connectivity index (χ3v) is 8.28. The minimum atomic E-state index is -2.66. The molecule has 0 N–H and O–H groups in total. The first-order valence-electron chi connectivity index (χ1n) is 6.44. The zero-order valence-corrected chi connectivity index (χ0v) is 13.8. The van der Waals surface area contributed by atoms with Crippen molar-refractivity contribution in [2.24, 2.45) is 0 Å². The van der Waals surface area contributed by atoms with E-state index in [9.17, 15) is 22.0 Å². The lowest BCUT2D eigenvalue weighted by atomic mass is 10.1. The molecule has 0 heterocycles. The molecule has 1 aromatic rings. The lowest BCUT2D eigenvalue weighted by Crippen LogP contribution is -2.42. The predicted octanol–water partition coefficient (Wildman–Crippen LogP) is 4.97. The van der Waals surface area contributed by atoms with E-state index < -0.39 is 54.1 Å². The zero-order chi connectivity index (χ0) is 17.5. The number of nitriles is 1. The summed E-state index contributed by atoms with van der Waals surface area (Å²) in [6.07, 6.45) is -1.87. The van der Waals surface area contributed by atoms with Crippen LogP contribution in [-0.2, 0) is 4.43 Å². The number of hydrogen-bond acceptors (Lipinski definition) is 2. The average molecular weight is 337 g/mol. The molecule has 0 aliphatic rings. The second kappa shape index (κ2) is 5.97. The highest BCUT2D eigenvalue weighted by Crippen LogP contribution is 2.40. The molecule has 0 bridgehead atoms. The van der Waals surface area contributed by atoms with Crippen LogP contribution in [0.15, 0.2) is 0 Å². The molecule has 0 saturated heterocycles. The Bertz CT molecular complexity index is 605. The van der Waals surface area contributed by atoms with Crippen molar-refractivity contribution in [2.75, 3.05) is 0 Å². The summed E-state index contributed by atoms with van der Waals surface area (Å²) < 4.78 is 72.6. The van der Waals surface area contributed by atoms with Crippen LogP contribution in [0.2, 0.25) is 18.1 Å². The smallest absolute Gasteiger partial charge is 0.200 e. The molecule has 0 aromatic heterocycles. The van der Waals surface area contributed by atoms with Gasteiger partial charge in [0, 0.05) is 0 Å². The van der Waals surface area contributed by atoms with Crippen LogP contribution in [0, 0.1) is 40.4 Å². The fraction of sp³-hybridized carbons (Fsp3) is 0.500. The number of rotatable bonds is 3. The quantitative estimate of drug-likeness (QED) is 0.338. The molecule has 0 amide bonds. The number of hydrogen-bond donors (Lipinski definition) is 0. The van der Waals surface area contributed by atoms with Gasteiger partial charge in [0.1, 0.15) is 0 Å². The lowest BCUT2D eigenvalue weighted by molar-refractivity contribution is 0.219. The Labute approximate surface area is 126 Å². The summed E-state index contributed by atoms with van der Waals surface area (Å²) in [6.45, 7) is 8.83. The Morgan fingerprint density at radius 1 is 0.909 bits per heavy atom. The van der Waals surface area contributed by atoms with E-state index in [1.54, 1.807) is 13.1 Å². The minimum absolute atomic E-state index is 0.411. The first-order valence-corrected chi connectivity index (χ1v) is 9.34. The summed E-state index contributed by atoms with van der Waals surface area (Å²) in [5.41, 5.74) is -1.25. The van der Waals surface area contributed by atoms with Gasteiger partial charge in [-0.2, -0.15) is 5.26 Å². The molecule has 1 atom stereocenters. The lowest BCUT2D eigenvalue weighted by Gasteiger charge is -2.37. The van der Waals surface area contributed by atoms with Gasteiger partial charge in [-0.25, -0.2) is 22.0 Å². The number of benzene rings is 1. The van der Waals surface area contributed by atoms with E-state index in [2.05, 4.69) is 0 Å². The van der Waals surface area contributed by atoms with Crippen LogP contribution in [0.1, 0.15) is 32.4 Å². The molecule has 1 rings (SSSR count). The molecule has 1 unspecified atom stereocenters. The van der Waals surface area contributed by atoms with Crippen LogP contribution in [0.4, 0.5) is 22.0 Å². The van der Waals surface area contributed by atoms with Crippen molar-refractivity contribution >= 4 is 8.32 Å². The maximum atomic E-state index is 13.8. The monoisotopic (exact) mass is 337 g/mol. The van der Waals surface area contributed by atoms with Gasteiger partial charge in [-0.1, -0.05) is 20.8 Å². The van der Waals surface area contributed by atoms with Gasteiger partial charge in [-0.05, 0) is 18.1 Å². The van der Waals surface area contributed by atoms with E-state index >= 15 is 0 Å². The van der Waals surface area contributed by atoms with Gasteiger partial charge >= 0.3 is 0 Å². The van der Waals surface area contributed by atoms with Gasteiger partial charge in [0.25, 0.3) is 0 Å². The van der Waals surface area contributed by atoms with Crippen LogP contribution in [-0.4, -0.2) is 8.32 Å². The largest absolute Gasteiger partial charge is 0.398 e. The first-order chi connectivity index (χ1) is 9.85. The van der Waals surface area contributed by atoms with Crippen LogP contribution in [0.5, 0.6) is 0 Å². The van der Waals surface area contributed by atoms with Crippen molar-refractivity contribution in [3.05, 3.63) is 34.6 Å². The van der Waals surface area contributed by atoms with Gasteiger partial charge in [-0.15, -0.1) is 0 Å². The molecule has 0 aliphatic heterocycles. The Morgan fingerprint density at radius 3 is 1.59 bits per heavy atom. The van der Waals surface area contributed by atoms with E-state index in [-0.39, 0.29) is 0 Å². The molecule has 0 fully saturated rings. The summed E-state index contributed by atoms with van der Waals surface area (Å²) >= 11 is 0. The molecule has 2 nitrogen and oxygen atoms in total. The molecule has 0 saturated carbocycles. The molecule has 22 heavy (non-hydrogen) atoms. The molecule has 8 heteroatoms. The molecule has 122 valence electrons. The van der Waals surface area contributed by atoms with E-state index in [0.717, 1.165) is 0 Å². The summed E-state index contributed by atoms with van der Waals surface area (Å²) in [4.78, 5) is 0. The molecule has 0 radical (unpaired) electrons. The van der Waals surface area contributed by atoms with E-state index in [1.165, 1.54) is 6.07 Å². The second-order valence-corrected chi connectivity index (χ2v) is 11.1. The van der Waals surface area contributed by atoms with Crippen molar-refractivity contribution in [1.29, 1.82) is 5.26 Å². The summed E-state index contributed by atoms with van der Waals surface area (Å²) in [7, 11) is -2.66. The molecular weight excluding hydrogens is 321 g/mol. The highest BCUT2D eigenvalue weighted by Gasteiger charge is 2.41. The van der Waals surface area contributed by atoms with Gasteiger partial charge in [0.15, 0.2) is 37.7 Å². The van der Waals surface area contributed by atoms with E-state index in [4.69, 9.17) is 9.69 Å². The molecule has 0 spiro atoms. The predicted molar refractivity (Wildman–Crippen MR) is 72.9 cm³/mol. The van der Waals surface area contributed by atoms with Crippen molar-refractivity contribution in [1.82, 2.24) is 0 Å². The highest BCUT2D eigenvalue weighted by atomic mass is 28.4. The highest BCUT2D eigenvalue weighted by molar-refractivity contribution is 6.74. The Kier molecular flexibility index (Phi) is 5.04. The van der Waals surface area contributed by atoms with Crippen molar-refractivity contribution in [2.45, 2.75) is 45.0 Å².